The van der Waals surface area contributed by atoms with Gasteiger partial charge in [0.1, 0.15) is 12.7 Å². The van der Waals surface area contributed by atoms with E-state index in [4.69, 9.17) is 23.3 Å². The van der Waals surface area contributed by atoms with Crippen LogP contribution in [0.5, 0.6) is 0 Å². The van der Waals surface area contributed by atoms with Gasteiger partial charge in [-0.25, -0.2) is 4.57 Å². The van der Waals surface area contributed by atoms with Crippen molar-refractivity contribution in [1.29, 1.82) is 0 Å². The van der Waals surface area contributed by atoms with Crippen molar-refractivity contribution in [3.05, 3.63) is 122 Å². The van der Waals surface area contributed by atoms with Gasteiger partial charge in [-0.15, -0.1) is 0 Å². The molecule has 0 rings (SSSR count). The van der Waals surface area contributed by atoms with Crippen molar-refractivity contribution in [2.75, 3.05) is 26.4 Å². The molecule has 0 fully saturated rings. The number of allylic oxidation sites excluding steroid dienone is 19. The van der Waals surface area contributed by atoms with Crippen molar-refractivity contribution in [3.63, 3.8) is 0 Å². The van der Waals surface area contributed by atoms with Crippen molar-refractivity contribution in [2.24, 2.45) is 0 Å². The summed E-state index contributed by atoms with van der Waals surface area (Å²) in [6, 6.07) is 0. The van der Waals surface area contributed by atoms with Crippen LogP contribution in [0, 0.1) is 0 Å². The fourth-order valence-electron chi connectivity index (χ4n) is 7.52. The number of rotatable bonds is 53. The van der Waals surface area contributed by atoms with Crippen LogP contribution in [0.15, 0.2) is 122 Å². The third-order valence-electron chi connectivity index (χ3n) is 11.9. The lowest BCUT2D eigenvalue weighted by molar-refractivity contribution is -0.161. The molecule has 0 aromatic carbocycles. The Kier molecular flexibility index (Phi) is 54.0. The molecule has 76 heavy (non-hydrogen) atoms. The minimum absolute atomic E-state index is 0.0231. The number of aliphatic hydroxyl groups is 1. The second-order valence-electron chi connectivity index (χ2n) is 19.1. The molecule has 0 bridgehead atoms. The summed E-state index contributed by atoms with van der Waals surface area (Å²) in [7, 11) is -4.79. The summed E-state index contributed by atoms with van der Waals surface area (Å²) >= 11 is 0. The zero-order chi connectivity index (χ0) is 55.5. The topological polar surface area (TPSA) is 155 Å². The van der Waals surface area contributed by atoms with E-state index in [-0.39, 0.29) is 19.3 Å². The first-order valence-electron chi connectivity index (χ1n) is 29.4. The number of carbonyl (C=O) groups is 3. The summed E-state index contributed by atoms with van der Waals surface area (Å²) in [5, 5.41) is 9.83. The van der Waals surface area contributed by atoms with Gasteiger partial charge in [-0.3, -0.25) is 23.4 Å². The summed E-state index contributed by atoms with van der Waals surface area (Å²) in [4.78, 5) is 48.5. The summed E-state index contributed by atoms with van der Waals surface area (Å²) < 4.78 is 39.4. The first kappa shape index (κ1) is 71.9. The Morgan fingerprint density at radius 2 is 0.724 bits per heavy atom. The molecule has 3 atom stereocenters. The molecule has 0 saturated carbocycles. The van der Waals surface area contributed by atoms with Crippen LogP contribution < -0.4 is 0 Å². The average molecular weight is 1080 g/mol. The Bertz CT molecular complexity index is 1740. The first-order valence-corrected chi connectivity index (χ1v) is 30.9. The molecule has 0 saturated heterocycles. The molecule has 0 aromatic rings. The maximum atomic E-state index is 12.9. The van der Waals surface area contributed by atoms with Crippen LogP contribution in [0.3, 0.4) is 0 Å². The van der Waals surface area contributed by atoms with E-state index in [1.807, 2.05) is 24.3 Å². The zero-order valence-electron chi connectivity index (χ0n) is 47.7. The van der Waals surface area contributed by atoms with Crippen molar-refractivity contribution in [2.45, 2.75) is 238 Å². The Balaban J connectivity index is 4.87. The van der Waals surface area contributed by atoms with Gasteiger partial charge in [0.15, 0.2) is 6.10 Å². The Labute approximate surface area is 462 Å². The van der Waals surface area contributed by atoms with E-state index in [1.54, 1.807) is 6.08 Å². The zero-order valence-corrected chi connectivity index (χ0v) is 48.6. The maximum Gasteiger partial charge on any atom is 0.472 e. The monoisotopic (exact) mass is 1080 g/mol. The minimum Gasteiger partial charge on any atom is -0.461 e. The molecule has 0 heterocycles. The van der Waals surface area contributed by atoms with E-state index in [9.17, 15) is 28.9 Å². The number of ether oxygens (including phenoxy) is 3. The highest BCUT2D eigenvalue weighted by Crippen LogP contribution is 2.43. The number of phosphoric acid groups is 1. The fourth-order valence-corrected chi connectivity index (χ4v) is 8.31. The molecule has 12 heteroatoms. The lowest BCUT2D eigenvalue weighted by atomic mass is 10.0. The molecule has 2 N–H and O–H groups in total. The molecular weight excluding hydrogens is 976 g/mol. The van der Waals surface area contributed by atoms with Crippen LogP contribution in [0.25, 0.3) is 0 Å². The SMILES string of the molecule is CC/C=C\C/C=C\C/C=C\C/C=C\C/C=C\CCCC(=O)OC(COC(=O)C/C=C\C/C=C\C/C=C\C/C=C\C/C=C\CC)COP(=O)(O)OCC(CO)OC(=O)CCCCCCCCCCCCCCCCCCC. The second kappa shape index (κ2) is 57.1. The predicted octanol–water partition coefficient (Wildman–Crippen LogP) is 17.6. The number of esters is 3. The normalized spacial score (nSPS) is 14.2. The Hall–Kier alpha value is -4.12. The lowest BCUT2D eigenvalue weighted by Crippen LogP contribution is -2.30. The second-order valence-corrected chi connectivity index (χ2v) is 20.5. The van der Waals surface area contributed by atoms with Crippen LogP contribution in [-0.4, -0.2) is 66.5 Å². The largest absolute Gasteiger partial charge is 0.472 e. The maximum absolute atomic E-state index is 12.9. The molecule has 0 spiro atoms. The van der Waals surface area contributed by atoms with Crippen LogP contribution in [0.4, 0.5) is 0 Å². The predicted molar refractivity (Wildman–Crippen MR) is 316 cm³/mol. The van der Waals surface area contributed by atoms with E-state index in [0.29, 0.717) is 25.7 Å². The van der Waals surface area contributed by atoms with E-state index in [0.717, 1.165) is 77.0 Å². The summed E-state index contributed by atoms with van der Waals surface area (Å²) in [5.74, 6) is -1.70. The van der Waals surface area contributed by atoms with Gasteiger partial charge >= 0.3 is 25.7 Å². The first-order chi connectivity index (χ1) is 37.2. The van der Waals surface area contributed by atoms with Crippen molar-refractivity contribution in [1.82, 2.24) is 0 Å². The smallest absolute Gasteiger partial charge is 0.461 e. The highest BCUT2D eigenvalue weighted by Gasteiger charge is 2.28. The van der Waals surface area contributed by atoms with Gasteiger partial charge < -0.3 is 24.2 Å². The molecule has 11 nitrogen and oxygen atoms in total. The molecule has 0 aliphatic carbocycles. The number of unbranched alkanes of at least 4 members (excludes halogenated alkanes) is 17. The van der Waals surface area contributed by atoms with Gasteiger partial charge in [-0.1, -0.05) is 245 Å². The number of carbonyl (C=O) groups excluding carboxylic acids is 3. The summed E-state index contributed by atoms with van der Waals surface area (Å²) in [6.45, 7) is 4.24. The average Bonchev–Trinajstić information content (AvgIpc) is 3.41. The summed E-state index contributed by atoms with van der Waals surface area (Å²) in [5.41, 5.74) is 0. The van der Waals surface area contributed by atoms with E-state index in [2.05, 4.69) is 112 Å². The van der Waals surface area contributed by atoms with Gasteiger partial charge in [-0.2, -0.15) is 0 Å². The van der Waals surface area contributed by atoms with Gasteiger partial charge in [0.25, 0.3) is 0 Å². The standard InChI is InChI=1S/C64H105O11P/c1-4-7-10-13-16-19-22-25-28-30-33-36-39-42-45-48-51-54-63(67)74-60(56-65)58-72-76(69,70)73-59-61(57-71-62(66)53-50-47-44-41-38-35-32-27-24-21-18-15-12-9-6-3)75-64(68)55-52-49-46-43-40-37-34-31-29-26-23-20-17-14-11-8-5-2/h8-9,11-12,17-18,20-21,26-27,29,32,34,37-38,41,43,46-47,50,60-61,65H,4-7,10,13-16,19,22-25,28,30-31,33,35-36,39-40,42,44-45,48-49,51-59H2,1-3H3,(H,69,70)/b11-8-,12-9-,20-17-,21-18-,29-26-,32-27-,37-34-,41-38-,46-43-,50-47-. The molecule has 0 aliphatic heterocycles. The third-order valence-corrected chi connectivity index (χ3v) is 12.9. The quantitative estimate of drug-likeness (QED) is 0.0197. The number of hydrogen-bond donors (Lipinski definition) is 2. The van der Waals surface area contributed by atoms with E-state index < -0.39 is 64.4 Å². The van der Waals surface area contributed by atoms with Crippen LogP contribution >= 0.6 is 7.82 Å². The van der Waals surface area contributed by atoms with Crippen molar-refractivity contribution in [3.8, 4) is 0 Å². The minimum atomic E-state index is -4.79. The molecule has 0 aliphatic rings. The number of hydrogen-bond acceptors (Lipinski definition) is 10. The molecule has 0 aromatic heterocycles. The highest BCUT2D eigenvalue weighted by molar-refractivity contribution is 7.47. The van der Waals surface area contributed by atoms with Gasteiger partial charge in [0.2, 0.25) is 0 Å². The molecule has 0 amide bonds. The Morgan fingerprint density at radius 3 is 1.12 bits per heavy atom. The van der Waals surface area contributed by atoms with Gasteiger partial charge in [-0.05, 0) is 83.5 Å². The molecule has 3 unspecified atom stereocenters. The molecule has 0 radical (unpaired) electrons. The van der Waals surface area contributed by atoms with Gasteiger partial charge in [0.05, 0.1) is 26.2 Å². The van der Waals surface area contributed by atoms with Crippen LogP contribution in [0.2, 0.25) is 0 Å². The van der Waals surface area contributed by atoms with Gasteiger partial charge in [0, 0.05) is 12.8 Å². The van der Waals surface area contributed by atoms with Crippen LogP contribution in [0.1, 0.15) is 226 Å². The molecular formula is C64H105O11P. The highest BCUT2D eigenvalue weighted by atomic mass is 31.2. The van der Waals surface area contributed by atoms with E-state index in [1.165, 1.54) is 83.5 Å². The number of aliphatic hydroxyl groups excluding tert-OH is 1. The number of phosphoric ester groups is 1. The fraction of sp³-hybridized carbons (Fsp3) is 0.641. The van der Waals surface area contributed by atoms with Crippen LogP contribution in [-0.2, 0) is 42.2 Å². The lowest BCUT2D eigenvalue weighted by Gasteiger charge is -2.21. The molecule has 432 valence electrons. The van der Waals surface area contributed by atoms with Crippen molar-refractivity contribution >= 4 is 25.7 Å². The third kappa shape index (κ3) is 54.7. The van der Waals surface area contributed by atoms with E-state index >= 15 is 0 Å². The summed E-state index contributed by atoms with van der Waals surface area (Å²) in [6.07, 6.45) is 70.5. The Morgan fingerprint density at radius 1 is 0.395 bits per heavy atom. The van der Waals surface area contributed by atoms with Crippen molar-refractivity contribution < 1.29 is 52.2 Å².